The predicted octanol–water partition coefficient (Wildman–Crippen LogP) is 3.32. The van der Waals surface area contributed by atoms with Crippen LogP contribution in [0.15, 0.2) is 84.9 Å². The number of anilines is 1. The summed E-state index contributed by atoms with van der Waals surface area (Å²) in [6.07, 6.45) is 0. The minimum Gasteiger partial charge on any atom is -0.423 e. The first kappa shape index (κ1) is 17.8. The molecule has 0 fully saturated rings. The van der Waals surface area contributed by atoms with Crippen LogP contribution in [0.3, 0.4) is 0 Å². The van der Waals surface area contributed by atoms with Crippen LogP contribution in [0.5, 0.6) is 5.75 Å². The van der Waals surface area contributed by atoms with E-state index in [-0.39, 0.29) is 31.0 Å². The third kappa shape index (κ3) is 3.88. The first-order valence-electron chi connectivity index (χ1n) is 9.14. The van der Waals surface area contributed by atoms with Crippen LogP contribution in [-0.2, 0) is 9.59 Å². The summed E-state index contributed by atoms with van der Waals surface area (Å²) >= 11 is 0. The molecule has 0 atom stereocenters. The molecule has 0 unspecified atom stereocenters. The van der Waals surface area contributed by atoms with Crippen molar-refractivity contribution in [3.63, 3.8) is 0 Å². The number of amides is 1. The zero-order chi connectivity index (χ0) is 19.3. The Balaban J connectivity index is 1.55. The van der Waals surface area contributed by atoms with E-state index in [9.17, 15) is 9.59 Å². The summed E-state index contributed by atoms with van der Waals surface area (Å²) in [5.74, 6) is -0.0504. The maximum absolute atomic E-state index is 12.9. The number of nitrogens with one attached hydrogen (secondary N) is 1. The van der Waals surface area contributed by atoms with E-state index in [4.69, 9.17) is 4.74 Å². The zero-order valence-corrected chi connectivity index (χ0v) is 15.2. The Morgan fingerprint density at radius 3 is 2.11 bits per heavy atom. The quantitative estimate of drug-likeness (QED) is 0.551. The van der Waals surface area contributed by atoms with Gasteiger partial charge in [-0.3, -0.25) is 4.79 Å². The monoisotopic (exact) mass is 372 g/mol. The largest absolute Gasteiger partial charge is 0.423 e. The highest BCUT2D eigenvalue weighted by Crippen LogP contribution is 2.31. The fourth-order valence-corrected chi connectivity index (χ4v) is 3.37. The third-order valence-electron chi connectivity index (χ3n) is 4.66. The molecule has 0 spiro atoms. The molecule has 3 aromatic carbocycles. The molecule has 1 aliphatic heterocycles. The van der Waals surface area contributed by atoms with Crippen LogP contribution in [0.4, 0.5) is 5.69 Å². The van der Waals surface area contributed by atoms with Gasteiger partial charge in [0.05, 0.1) is 18.3 Å². The summed E-state index contributed by atoms with van der Waals surface area (Å²) in [5.41, 5.74) is 2.74. The Morgan fingerprint density at radius 2 is 1.46 bits per heavy atom. The Bertz CT molecular complexity index is 934. The van der Waals surface area contributed by atoms with Crippen molar-refractivity contribution in [1.82, 2.24) is 5.32 Å². The van der Waals surface area contributed by atoms with Crippen molar-refractivity contribution >= 4 is 17.6 Å². The van der Waals surface area contributed by atoms with Crippen LogP contribution in [0.1, 0.15) is 17.2 Å². The highest BCUT2D eigenvalue weighted by molar-refractivity contribution is 5.89. The average molecular weight is 372 g/mol. The number of carbonyl (C=O) groups excluding carboxylic acids is 2. The van der Waals surface area contributed by atoms with Gasteiger partial charge in [-0.2, -0.15) is 0 Å². The van der Waals surface area contributed by atoms with Crippen LogP contribution in [0, 0.1) is 0 Å². The summed E-state index contributed by atoms with van der Waals surface area (Å²) in [5, 5.41) is 3.11. The molecule has 0 radical (unpaired) electrons. The molecule has 0 bridgehead atoms. The van der Waals surface area contributed by atoms with Gasteiger partial charge in [0.2, 0.25) is 5.91 Å². The van der Waals surface area contributed by atoms with Crippen molar-refractivity contribution in [3.8, 4) is 5.75 Å². The van der Waals surface area contributed by atoms with Crippen LogP contribution < -0.4 is 15.0 Å². The average Bonchev–Trinajstić information content (AvgIpc) is 2.73. The van der Waals surface area contributed by atoms with E-state index in [2.05, 4.69) is 5.32 Å². The number of nitrogens with zero attached hydrogens (tertiary/aromatic N) is 1. The first-order valence-corrected chi connectivity index (χ1v) is 9.14. The van der Waals surface area contributed by atoms with E-state index in [1.165, 1.54) is 0 Å². The number of rotatable bonds is 5. The lowest BCUT2D eigenvalue weighted by atomic mass is 9.98. The Hall–Kier alpha value is -3.60. The molecule has 4 rings (SSSR count). The van der Waals surface area contributed by atoms with Crippen molar-refractivity contribution in [2.45, 2.75) is 6.04 Å². The van der Waals surface area contributed by atoms with Crippen LogP contribution in [0.2, 0.25) is 0 Å². The van der Waals surface area contributed by atoms with Gasteiger partial charge < -0.3 is 15.0 Å². The third-order valence-corrected chi connectivity index (χ3v) is 4.66. The van der Waals surface area contributed by atoms with Crippen molar-refractivity contribution in [3.05, 3.63) is 96.1 Å². The molecular weight excluding hydrogens is 352 g/mol. The normalized spacial score (nSPS) is 13.0. The van der Waals surface area contributed by atoms with Gasteiger partial charge in [0.15, 0.2) is 5.75 Å². The van der Waals surface area contributed by atoms with Gasteiger partial charge in [0, 0.05) is 0 Å². The summed E-state index contributed by atoms with van der Waals surface area (Å²) in [4.78, 5) is 26.5. The molecule has 1 amide bonds. The number of fused-ring (bicyclic) bond motifs is 1. The van der Waals surface area contributed by atoms with Gasteiger partial charge in [-0.1, -0.05) is 72.8 Å². The van der Waals surface area contributed by atoms with Crippen molar-refractivity contribution in [2.75, 3.05) is 18.0 Å². The number of hydrogen-bond donors (Lipinski definition) is 1. The molecule has 1 aliphatic rings. The van der Waals surface area contributed by atoms with Gasteiger partial charge >= 0.3 is 5.97 Å². The zero-order valence-electron chi connectivity index (χ0n) is 15.2. The molecule has 140 valence electrons. The summed E-state index contributed by atoms with van der Waals surface area (Å²) in [6.45, 7) is 0.119. The molecule has 0 saturated carbocycles. The number of carbonyl (C=O) groups is 2. The van der Waals surface area contributed by atoms with E-state index < -0.39 is 0 Å². The first-order chi connectivity index (χ1) is 13.7. The second kappa shape index (κ2) is 7.96. The van der Waals surface area contributed by atoms with Crippen LogP contribution >= 0.6 is 0 Å². The van der Waals surface area contributed by atoms with E-state index in [1.54, 1.807) is 17.0 Å². The SMILES string of the molecule is O=C(CN1CC(=O)Oc2ccccc21)NC(c1ccccc1)c1ccccc1. The maximum atomic E-state index is 12.9. The molecule has 0 saturated heterocycles. The van der Waals surface area contributed by atoms with Crippen LogP contribution in [0.25, 0.3) is 0 Å². The molecule has 0 aromatic heterocycles. The minimum absolute atomic E-state index is 0.0474. The van der Waals surface area contributed by atoms with Gasteiger partial charge in [-0.05, 0) is 23.3 Å². The van der Waals surface area contributed by atoms with Crippen LogP contribution in [-0.4, -0.2) is 25.0 Å². The Morgan fingerprint density at radius 1 is 0.893 bits per heavy atom. The molecule has 1 heterocycles. The van der Waals surface area contributed by atoms with Gasteiger partial charge in [0.25, 0.3) is 0 Å². The van der Waals surface area contributed by atoms with Crippen molar-refractivity contribution < 1.29 is 14.3 Å². The lowest BCUT2D eigenvalue weighted by Crippen LogP contribution is -2.44. The summed E-state index contributed by atoms with van der Waals surface area (Å²) in [6, 6.07) is 26.7. The van der Waals surface area contributed by atoms with Crippen molar-refractivity contribution in [1.29, 1.82) is 0 Å². The predicted molar refractivity (Wildman–Crippen MR) is 107 cm³/mol. The number of hydrogen-bond acceptors (Lipinski definition) is 4. The van der Waals surface area contributed by atoms with Gasteiger partial charge in [-0.15, -0.1) is 0 Å². The molecule has 1 N–H and O–H groups in total. The molecule has 3 aromatic rings. The lowest BCUT2D eigenvalue weighted by molar-refractivity contribution is -0.133. The van der Waals surface area contributed by atoms with Gasteiger partial charge in [-0.25, -0.2) is 4.79 Å². The second-order valence-corrected chi connectivity index (χ2v) is 6.62. The highest BCUT2D eigenvalue weighted by atomic mass is 16.5. The Labute approximate surface area is 163 Å². The van der Waals surface area contributed by atoms with Gasteiger partial charge in [0.1, 0.15) is 6.54 Å². The fraction of sp³-hybridized carbons (Fsp3) is 0.130. The fourth-order valence-electron chi connectivity index (χ4n) is 3.37. The molecule has 0 aliphatic carbocycles. The minimum atomic E-state index is -0.367. The molecule has 5 heteroatoms. The number of ether oxygens (including phenoxy) is 1. The van der Waals surface area contributed by atoms with Crippen molar-refractivity contribution in [2.24, 2.45) is 0 Å². The lowest BCUT2D eigenvalue weighted by Gasteiger charge is -2.30. The van der Waals surface area contributed by atoms with E-state index in [0.29, 0.717) is 5.75 Å². The number of para-hydroxylation sites is 2. The topological polar surface area (TPSA) is 58.6 Å². The number of benzene rings is 3. The number of esters is 1. The summed E-state index contributed by atoms with van der Waals surface area (Å²) in [7, 11) is 0. The second-order valence-electron chi connectivity index (χ2n) is 6.62. The van der Waals surface area contributed by atoms with E-state index >= 15 is 0 Å². The standard InChI is InChI=1S/C23H20N2O3/c26-21(15-25-16-22(27)28-20-14-8-7-13-19(20)25)24-23(17-9-3-1-4-10-17)18-11-5-2-6-12-18/h1-14,23H,15-16H2,(H,24,26). The summed E-state index contributed by atoms with van der Waals surface area (Å²) < 4.78 is 5.25. The smallest absolute Gasteiger partial charge is 0.331 e. The molecular formula is C23H20N2O3. The Kier molecular flexibility index (Phi) is 5.06. The molecule has 5 nitrogen and oxygen atoms in total. The molecule has 28 heavy (non-hydrogen) atoms. The van der Waals surface area contributed by atoms with E-state index in [0.717, 1.165) is 16.8 Å². The highest BCUT2D eigenvalue weighted by Gasteiger charge is 2.26. The maximum Gasteiger partial charge on any atom is 0.331 e. The van der Waals surface area contributed by atoms with E-state index in [1.807, 2.05) is 72.8 Å².